The summed E-state index contributed by atoms with van der Waals surface area (Å²) in [5, 5.41) is 0. The normalized spacial score (nSPS) is 25.1. The van der Waals surface area contributed by atoms with Crippen LogP contribution in [0.3, 0.4) is 0 Å². The van der Waals surface area contributed by atoms with Crippen LogP contribution >= 0.6 is 15.9 Å². The smallest absolute Gasteiger partial charge is 0.245 e. The van der Waals surface area contributed by atoms with Crippen LogP contribution in [0.25, 0.3) is 0 Å². The Morgan fingerprint density at radius 2 is 1.85 bits per heavy atom. The van der Waals surface area contributed by atoms with Gasteiger partial charge in [-0.1, -0.05) is 29.8 Å². The van der Waals surface area contributed by atoms with E-state index in [0.29, 0.717) is 32.8 Å². The molecule has 0 bridgehead atoms. The molecule has 2 heterocycles. The number of nitrogens with zero attached hydrogens (tertiary/aromatic N) is 2. The van der Waals surface area contributed by atoms with E-state index in [1.54, 1.807) is 4.90 Å². The molecule has 0 aliphatic carbocycles. The standard InChI is InChI=1S/C14H23BrN2O3/c1-10(2)12(15)14(19)17-5-3-4-11(17)13(18)16-6-8-20-9-7-16/h10-12H,3-9H2,1-2H3. The molecule has 2 rings (SSSR count). The predicted molar refractivity (Wildman–Crippen MR) is 79.7 cm³/mol. The van der Waals surface area contributed by atoms with Gasteiger partial charge in [-0.25, -0.2) is 0 Å². The number of hydrogen-bond donors (Lipinski definition) is 0. The zero-order valence-corrected chi connectivity index (χ0v) is 13.8. The number of alkyl halides is 1. The fourth-order valence-electron chi connectivity index (χ4n) is 2.73. The number of carbonyl (C=O) groups is 2. The molecule has 0 aromatic rings. The molecular weight excluding hydrogens is 324 g/mol. The van der Waals surface area contributed by atoms with Crippen molar-refractivity contribution in [1.82, 2.24) is 9.80 Å². The van der Waals surface area contributed by atoms with Crippen LogP contribution in [0.15, 0.2) is 0 Å². The van der Waals surface area contributed by atoms with Crippen molar-refractivity contribution in [3.8, 4) is 0 Å². The van der Waals surface area contributed by atoms with E-state index in [1.165, 1.54) is 0 Å². The molecule has 2 amide bonds. The first-order valence-corrected chi connectivity index (χ1v) is 8.25. The van der Waals surface area contributed by atoms with Crippen LogP contribution in [0.2, 0.25) is 0 Å². The number of halogens is 1. The van der Waals surface area contributed by atoms with Crippen LogP contribution in [0.1, 0.15) is 26.7 Å². The van der Waals surface area contributed by atoms with E-state index in [9.17, 15) is 9.59 Å². The van der Waals surface area contributed by atoms with Gasteiger partial charge in [0.2, 0.25) is 11.8 Å². The summed E-state index contributed by atoms with van der Waals surface area (Å²) in [7, 11) is 0. The van der Waals surface area contributed by atoms with Crippen LogP contribution < -0.4 is 0 Å². The van der Waals surface area contributed by atoms with Crippen LogP contribution in [0.4, 0.5) is 0 Å². The minimum atomic E-state index is -0.278. The summed E-state index contributed by atoms with van der Waals surface area (Å²) < 4.78 is 5.27. The third-order valence-electron chi connectivity index (χ3n) is 3.96. The van der Waals surface area contributed by atoms with E-state index in [4.69, 9.17) is 4.74 Å². The van der Waals surface area contributed by atoms with E-state index in [1.807, 2.05) is 18.7 Å². The molecule has 0 spiro atoms. The zero-order valence-electron chi connectivity index (χ0n) is 12.2. The molecule has 2 aliphatic rings. The van der Waals surface area contributed by atoms with Crippen molar-refractivity contribution >= 4 is 27.7 Å². The van der Waals surface area contributed by atoms with Crippen molar-refractivity contribution < 1.29 is 14.3 Å². The molecule has 0 aromatic heterocycles. The molecular formula is C14H23BrN2O3. The predicted octanol–water partition coefficient (Wildman–Crippen LogP) is 1.26. The Labute approximate surface area is 128 Å². The van der Waals surface area contributed by atoms with Gasteiger partial charge in [0.1, 0.15) is 6.04 Å². The van der Waals surface area contributed by atoms with E-state index < -0.39 is 0 Å². The number of hydrogen-bond acceptors (Lipinski definition) is 3. The molecule has 114 valence electrons. The highest BCUT2D eigenvalue weighted by Gasteiger charge is 2.39. The van der Waals surface area contributed by atoms with Crippen molar-refractivity contribution in [2.75, 3.05) is 32.8 Å². The molecule has 6 heteroatoms. The highest BCUT2D eigenvalue weighted by Crippen LogP contribution is 2.24. The Balaban J connectivity index is 2.02. The second-order valence-electron chi connectivity index (χ2n) is 5.77. The molecule has 20 heavy (non-hydrogen) atoms. The van der Waals surface area contributed by atoms with Crippen molar-refractivity contribution in [3.63, 3.8) is 0 Å². The second kappa shape index (κ2) is 6.89. The molecule has 2 unspecified atom stereocenters. The second-order valence-corrected chi connectivity index (χ2v) is 6.76. The van der Waals surface area contributed by atoms with Crippen LogP contribution in [0, 0.1) is 5.92 Å². The summed E-state index contributed by atoms with van der Waals surface area (Å²) in [6.07, 6.45) is 1.68. The lowest BCUT2D eigenvalue weighted by Gasteiger charge is -2.33. The van der Waals surface area contributed by atoms with Crippen LogP contribution in [0.5, 0.6) is 0 Å². The third-order valence-corrected chi connectivity index (χ3v) is 5.41. The van der Waals surface area contributed by atoms with Gasteiger partial charge in [0.25, 0.3) is 0 Å². The average molecular weight is 347 g/mol. The topological polar surface area (TPSA) is 49.9 Å². The fraction of sp³-hybridized carbons (Fsp3) is 0.857. The minimum Gasteiger partial charge on any atom is -0.378 e. The summed E-state index contributed by atoms with van der Waals surface area (Å²) in [4.78, 5) is 28.4. The highest BCUT2D eigenvalue weighted by molar-refractivity contribution is 9.10. The summed E-state index contributed by atoms with van der Waals surface area (Å²) >= 11 is 3.45. The van der Waals surface area contributed by atoms with Crippen molar-refractivity contribution in [3.05, 3.63) is 0 Å². The van der Waals surface area contributed by atoms with E-state index in [-0.39, 0.29) is 28.6 Å². The quantitative estimate of drug-likeness (QED) is 0.722. The van der Waals surface area contributed by atoms with Gasteiger partial charge >= 0.3 is 0 Å². The number of morpholine rings is 1. The molecule has 2 fully saturated rings. The SMILES string of the molecule is CC(C)C(Br)C(=O)N1CCCC1C(=O)N1CCOCC1. The summed E-state index contributed by atoms with van der Waals surface area (Å²) in [6, 6.07) is -0.278. The van der Waals surface area contributed by atoms with Crippen molar-refractivity contribution in [1.29, 1.82) is 0 Å². The Morgan fingerprint density at radius 3 is 2.45 bits per heavy atom. The molecule has 0 N–H and O–H groups in total. The van der Waals surface area contributed by atoms with Gasteiger partial charge in [0, 0.05) is 19.6 Å². The summed E-state index contributed by atoms with van der Waals surface area (Å²) in [6.45, 7) is 7.17. The van der Waals surface area contributed by atoms with Gasteiger partial charge in [0.05, 0.1) is 18.0 Å². The lowest BCUT2D eigenvalue weighted by atomic mass is 10.1. The number of amides is 2. The molecule has 0 radical (unpaired) electrons. The number of likely N-dealkylation sites (tertiary alicyclic amines) is 1. The summed E-state index contributed by atoms with van der Waals surface area (Å²) in [5.41, 5.74) is 0. The van der Waals surface area contributed by atoms with Gasteiger partial charge in [-0.05, 0) is 18.8 Å². The van der Waals surface area contributed by atoms with E-state index >= 15 is 0 Å². The Bertz CT molecular complexity index is 369. The first kappa shape index (κ1) is 15.8. The summed E-state index contributed by atoms with van der Waals surface area (Å²) in [5.74, 6) is 0.356. The van der Waals surface area contributed by atoms with Gasteiger partial charge in [-0.3, -0.25) is 9.59 Å². The number of ether oxygens (including phenoxy) is 1. The first-order chi connectivity index (χ1) is 9.52. The molecule has 2 aliphatic heterocycles. The molecule has 0 aromatic carbocycles. The first-order valence-electron chi connectivity index (χ1n) is 7.33. The maximum atomic E-state index is 12.6. The van der Waals surface area contributed by atoms with Gasteiger partial charge < -0.3 is 14.5 Å². The Kier molecular flexibility index (Phi) is 5.43. The lowest BCUT2D eigenvalue weighted by molar-refractivity contribution is -0.146. The van der Waals surface area contributed by atoms with Gasteiger partial charge in [0.15, 0.2) is 0 Å². The maximum absolute atomic E-state index is 12.6. The third kappa shape index (κ3) is 3.34. The number of rotatable bonds is 3. The van der Waals surface area contributed by atoms with Crippen molar-refractivity contribution in [2.24, 2.45) is 5.92 Å². The maximum Gasteiger partial charge on any atom is 0.245 e. The minimum absolute atomic E-state index is 0.0455. The van der Waals surface area contributed by atoms with E-state index in [2.05, 4.69) is 15.9 Å². The van der Waals surface area contributed by atoms with Crippen molar-refractivity contribution in [2.45, 2.75) is 37.6 Å². The molecule has 0 saturated carbocycles. The number of carbonyl (C=O) groups excluding carboxylic acids is 2. The fourth-order valence-corrected chi connectivity index (χ4v) is 2.99. The largest absolute Gasteiger partial charge is 0.378 e. The van der Waals surface area contributed by atoms with Crippen LogP contribution in [-0.2, 0) is 14.3 Å². The Morgan fingerprint density at radius 1 is 1.20 bits per heavy atom. The Hall–Kier alpha value is -0.620. The van der Waals surface area contributed by atoms with Gasteiger partial charge in [-0.2, -0.15) is 0 Å². The average Bonchev–Trinajstić information content (AvgIpc) is 2.95. The monoisotopic (exact) mass is 346 g/mol. The zero-order chi connectivity index (χ0) is 14.7. The van der Waals surface area contributed by atoms with Crippen LogP contribution in [-0.4, -0.2) is 65.3 Å². The highest BCUT2D eigenvalue weighted by atomic mass is 79.9. The molecule has 2 atom stereocenters. The van der Waals surface area contributed by atoms with E-state index in [0.717, 1.165) is 12.8 Å². The van der Waals surface area contributed by atoms with Gasteiger partial charge in [-0.15, -0.1) is 0 Å². The molecule has 5 nitrogen and oxygen atoms in total. The lowest BCUT2D eigenvalue weighted by Crippen LogP contribution is -2.52. The molecule has 2 saturated heterocycles.